The van der Waals surface area contributed by atoms with Gasteiger partial charge in [-0.2, -0.15) is 0 Å². The summed E-state index contributed by atoms with van der Waals surface area (Å²) in [7, 11) is 1.47. The Morgan fingerprint density at radius 1 is 1.38 bits per heavy atom. The first-order valence-corrected chi connectivity index (χ1v) is 8.33. The van der Waals surface area contributed by atoms with Gasteiger partial charge in [0.15, 0.2) is 0 Å². The number of esters is 1. The van der Waals surface area contributed by atoms with Crippen molar-refractivity contribution in [2.45, 2.75) is 84.5 Å². The highest BCUT2D eigenvalue weighted by molar-refractivity contribution is 5.80. The topological polar surface area (TPSA) is 41.6 Å². The Balaban J connectivity index is 2.80. The number of hydrogen-bond donors (Lipinski definition) is 1. The SMILES string of the molecule is COC(=O)C(C)(CC(C)N1CCCC(C)C1C)NC(C)C. The van der Waals surface area contributed by atoms with E-state index in [0.29, 0.717) is 12.1 Å². The summed E-state index contributed by atoms with van der Waals surface area (Å²) >= 11 is 0. The zero-order chi connectivity index (χ0) is 16.2. The van der Waals surface area contributed by atoms with E-state index in [-0.39, 0.29) is 12.0 Å². The lowest BCUT2D eigenvalue weighted by atomic mass is 9.87. The first-order chi connectivity index (χ1) is 9.71. The minimum atomic E-state index is -0.622. The van der Waals surface area contributed by atoms with E-state index in [1.165, 1.54) is 20.0 Å². The molecule has 1 fully saturated rings. The summed E-state index contributed by atoms with van der Waals surface area (Å²) in [5.41, 5.74) is -0.622. The van der Waals surface area contributed by atoms with Crippen LogP contribution in [0.3, 0.4) is 0 Å². The minimum absolute atomic E-state index is 0.166. The number of likely N-dealkylation sites (tertiary alicyclic amines) is 1. The fraction of sp³-hybridized carbons (Fsp3) is 0.941. The number of nitrogens with one attached hydrogen (secondary N) is 1. The van der Waals surface area contributed by atoms with E-state index < -0.39 is 5.54 Å². The zero-order valence-electron chi connectivity index (χ0n) is 14.9. The van der Waals surface area contributed by atoms with Gasteiger partial charge in [0.25, 0.3) is 0 Å². The van der Waals surface area contributed by atoms with Crippen molar-refractivity contribution in [2.75, 3.05) is 13.7 Å². The lowest BCUT2D eigenvalue weighted by molar-refractivity contribution is -0.149. The van der Waals surface area contributed by atoms with Gasteiger partial charge >= 0.3 is 5.97 Å². The summed E-state index contributed by atoms with van der Waals surface area (Å²) in [6.07, 6.45) is 3.33. The van der Waals surface area contributed by atoms with Gasteiger partial charge in [-0.05, 0) is 66.3 Å². The van der Waals surface area contributed by atoms with Gasteiger partial charge in [0.05, 0.1) is 7.11 Å². The Morgan fingerprint density at radius 2 is 2.00 bits per heavy atom. The van der Waals surface area contributed by atoms with Gasteiger partial charge in [-0.3, -0.25) is 15.0 Å². The molecule has 0 spiro atoms. The van der Waals surface area contributed by atoms with Crippen molar-refractivity contribution in [3.05, 3.63) is 0 Å². The van der Waals surface area contributed by atoms with Crippen molar-refractivity contribution in [2.24, 2.45) is 5.92 Å². The second kappa shape index (κ2) is 7.59. The molecule has 4 heteroatoms. The highest BCUT2D eigenvalue weighted by Crippen LogP contribution is 2.28. The Labute approximate surface area is 130 Å². The summed E-state index contributed by atoms with van der Waals surface area (Å²) in [6, 6.07) is 1.19. The molecule has 1 aliphatic rings. The molecule has 1 aliphatic heterocycles. The number of ether oxygens (including phenoxy) is 1. The number of hydrogen-bond acceptors (Lipinski definition) is 4. The number of piperidine rings is 1. The molecule has 0 radical (unpaired) electrons. The van der Waals surface area contributed by atoms with Gasteiger partial charge in [0.2, 0.25) is 0 Å². The molecule has 4 unspecified atom stereocenters. The lowest BCUT2D eigenvalue weighted by Gasteiger charge is -2.44. The molecule has 0 amide bonds. The van der Waals surface area contributed by atoms with Crippen LogP contribution < -0.4 is 5.32 Å². The number of rotatable bonds is 6. The molecule has 1 rings (SSSR count). The van der Waals surface area contributed by atoms with E-state index in [1.54, 1.807) is 0 Å². The van der Waals surface area contributed by atoms with Crippen LogP contribution >= 0.6 is 0 Å². The first-order valence-electron chi connectivity index (χ1n) is 8.33. The average Bonchev–Trinajstić information content (AvgIpc) is 2.39. The molecular formula is C17H34N2O2. The number of carbonyl (C=O) groups excluding carboxylic acids is 1. The summed E-state index contributed by atoms with van der Waals surface area (Å²) < 4.78 is 5.03. The molecule has 0 aliphatic carbocycles. The monoisotopic (exact) mass is 298 g/mol. The van der Waals surface area contributed by atoms with Crippen molar-refractivity contribution in [3.63, 3.8) is 0 Å². The fourth-order valence-electron chi connectivity index (χ4n) is 3.76. The Kier molecular flexibility index (Phi) is 6.67. The van der Waals surface area contributed by atoms with Crippen molar-refractivity contribution >= 4 is 5.97 Å². The van der Waals surface area contributed by atoms with E-state index in [0.717, 1.165) is 18.9 Å². The van der Waals surface area contributed by atoms with Crippen LogP contribution in [0.15, 0.2) is 0 Å². The maximum atomic E-state index is 12.2. The molecule has 0 bridgehead atoms. The van der Waals surface area contributed by atoms with Crippen LogP contribution in [0.25, 0.3) is 0 Å². The van der Waals surface area contributed by atoms with Crippen LogP contribution in [0.4, 0.5) is 0 Å². The van der Waals surface area contributed by atoms with Crippen LogP contribution in [0, 0.1) is 5.92 Å². The number of carbonyl (C=O) groups is 1. The normalized spacial score (nSPS) is 28.2. The molecule has 21 heavy (non-hydrogen) atoms. The first kappa shape index (κ1) is 18.4. The Hall–Kier alpha value is -0.610. The highest BCUT2D eigenvalue weighted by atomic mass is 16.5. The van der Waals surface area contributed by atoms with E-state index >= 15 is 0 Å². The van der Waals surface area contributed by atoms with Gasteiger partial charge < -0.3 is 4.74 Å². The van der Waals surface area contributed by atoms with Gasteiger partial charge in [0, 0.05) is 18.1 Å². The quantitative estimate of drug-likeness (QED) is 0.766. The number of methoxy groups -OCH3 is 1. The molecule has 1 saturated heterocycles. The van der Waals surface area contributed by atoms with Gasteiger partial charge in [-0.25, -0.2) is 0 Å². The maximum absolute atomic E-state index is 12.2. The van der Waals surface area contributed by atoms with E-state index in [1.807, 2.05) is 6.92 Å². The van der Waals surface area contributed by atoms with Gasteiger partial charge in [0.1, 0.15) is 5.54 Å². The summed E-state index contributed by atoms with van der Waals surface area (Å²) in [4.78, 5) is 14.8. The third-order valence-corrected chi connectivity index (χ3v) is 4.94. The van der Waals surface area contributed by atoms with E-state index in [9.17, 15) is 4.79 Å². The highest BCUT2D eigenvalue weighted by Gasteiger charge is 2.39. The van der Waals surface area contributed by atoms with Crippen molar-refractivity contribution in [1.29, 1.82) is 0 Å². The molecule has 0 aromatic rings. The van der Waals surface area contributed by atoms with Crippen LogP contribution in [0.1, 0.15) is 60.8 Å². The molecule has 124 valence electrons. The average molecular weight is 298 g/mol. The molecule has 1 heterocycles. The van der Waals surface area contributed by atoms with E-state index in [2.05, 4.69) is 44.8 Å². The molecular weight excluding hydrogens is 264 g/mol. The second-order valence-electron chi connectivity index (χ2n) is 7.27. The third-order valence-electron chi connectivity index (χ3n) is 4.94. The van der Waals surface area contributed by atoms with Gasteiger partial charge in [-0.1, -0.05) is 6.92 Å². The van der Waals surface area contributed by atoms with Crippen LogP contribution in [-0.2, 0) is 9.53 Å². The largest absolute Gasteiger partial charge is 0.468 e. The minimum Gasteiger partial charge on any atom is -0.468 e. The predicted octanol–water partition coefficient (Wildman–Crippen LogP) is 2.82. The second-order valence-corrected chi connectivity index (χ2v) is 7.27. The smallest absolute Gasteiger partial charge is 0.325 e. The van der Waals surface area contributed by atoms with Crippen molar-refractivity contribution < 1.29 is 9.53 Å². The molecule has 1 N–H and O–H groups in total. The predicted molar refractivity (Wildman–Crippen MR) is 87.3 cm³/mol. The summed E-state index contributed by atoms with van der Waals surface area (Å²) in [5, 5.41) is 3.40. The fourth-order valence-corrected chi connectivity index (χ4v) is 3.76. The third kappa shape index (κ3) is 4.68. The van der Waals surface area contributed by atoms with Gasteiger partial charge in [-0.15, -0.1) is 0 Å². The molecule has 4 nitrogen and oxygen atoms in total. The molecule has 0 saturated carbocycles. The van der Waals surface area contributed by atoms with Crippen molar-refractivity contribution in [1.82, 2.24) is 10.2 Å². The molecule has 4 atom stereocenters. The summed E-state index contributed by atoms with van der Waals surface area (Å²) in [5.74, 6) is 0.560. The lowest BCUT2D eigenvalue weighted by Crippen LogP contribution is -2.57. The summed E-state index contributed by atoms with van der Waals surface area (Å²) in [6.45, 7) is 14.1. The maximum Gasteiger partial charge on any atom is 0.325 e. The van der Waals surface area contributed by atoms with Crippen LogP contribution in [-0.4, -0.2) is 48.2 Å². The Bertz CT molecular complexity index is 346. The zero-order valence-corrected chi connectivity index (χ0v) is 14.9. The molecule has 0 aromatic heterocycles. The molecule has 0 aromatic carbocycles. The Morgan fingerprint density at radius 3 is 2.52 bits per heavy atom. The van der Waals surface area contributed by atoms with Crippen LogP contribution in [0.2, 0.25) is 0 Å². The van der Waals surface area contributed by atoms with E-state index in [4.69, 9.17) is 4.74 Å². The standard InChI is InChI=1S/C17H34N2O2/c1-12(2)18-17(6,16(20)21-7)11-14(4)19-10-8-9-13(3)15(19)5/h12-15,18H,8-11H2,1-7H3. The van der Waals surface area contributed by atoms with Crippen molar-refractivity contribution in [3.8, 4) is 0 Å². The van der Waals surface area contributed by atoms with Crippen LogP contribution in [0.5, 0.6) is 0 Å². The number of nitrogens with zero attached hydrogens (tertiary/aromatic N) is 1.